The average molecular weight is 338 g/mol. The van der Waals surface area contributed by atoms with Crippen LogP contribution in [0.3, 0.4) is 0 Å². The van der Waals surface area contributed by atoms with E-state index in [2.05, 4.69) is 12.1 Å². The fraction of sp³-hybridized carbons (Fsp3) is 0.571. The Labute approximate surface area is 146 Å². The van der Waals surface area contributed by atoms with Crippen LogP contribution >= 0.6 is 0 Å². The number of ether oxygens (including phenoxy) is 2. The Morgan fingerprint density at radius 3 is 2.48 bits per heavy atom. The third-order valence-electron chi connectivity index (χ3n) is 7.24. The van der Waals surface area contributed by atoms with Gasteiger partial charge in [-0.2, -0.15) is 0 Å². The van der Waals surface area contributed by atoms with Gasteiger partial charge in [-0.05, 0) is 61.6 Å². The van der Waals surface area contributed by atoms with Crippen LogP contribution in [0.1, 0.15) is 51.0 Å². The second-order valence-electron chi connectivity index (χ2n) is 9.22. The van der Waals surface area contributed by atoms with Crippen LogP contribution in [-0.4, -0.2) is 16.9 Å². The molecule has 1 aromatic carbocycles. The summed E-state index contributed by atoms with van der Waals surface area (Å²) >= 11 is 0. The van der Waals surface area contributed by atoms with Gasteiger partial charge in [-0.3, -0.25) is 4.79 Å². The van der Waals surface area contributed by atoms with Crippen molar-refractivity contribution in [2.45, 2.75) is 57.7 Å². The van der Waals surface area contributed by atoms with Crippen molar-refractivity contribution in [1.29, 1.82) is 0 Å². The van der Waals surface area contributed by atoms with Gasteiger partial charge in [0.05, 0.1) is 5.41 Å². The van der Waals surface area contributed by atoms with Crippen molar-refractivity contribution >= 4 is 5.97 Å². The Kier molecular flexibility index (Phi) is 2.31. The molecule has 2 bridgehead atoms. The number of carboxylic acids is 1. The van der Waals surface area contributed by atoms with E-state index in [-0.39, 0.29) is 5.41 Å². The lowest BCUT2D eigenvalue weighted by molar-refractivity contribution is -0.222. The monoisotopic (exact) mass is 338 g/mol. The van der Waals surface area contributed by atoms with Crippen molar-refractivity contribution in [2.75, 3.05) is 0 Å². The summed E-state index contributed by atoms with van der Waals surface area (Å²) in [6.45, 7) is 2.04. The van der Waals surface area contributed by atoms with Crippen LogP contribution in [-0.2, 0) is 11.2 Å². The number of allylic oxidation sites excluding steroid dienone is 2. The van der Waals surface area contributed by atoms with E-state index < -0.39 is 17.2 Å². The van der Waals surface area contributed by atoms with Gasteiger partial charge in [0.1, 0.15) is 0 Å². The summed E-state index contributed by atoms with van der Waals surface area (Å²) in [5, 5.41) is 9.27. The average Bonchev–Trinajstić information content (AvgIpc) is 2.76. The zero-order valence-electron chi connectivity index (χ0n) is 14.4. The maximum absolute atomic E-state index is 11.3. The minimum atomic E-state index is -0.611. The highest BCUT2D eigenvalue weighted by molar-refractivity contribution is 5.79. The maximum atomic E-state index is 11.3. The fourth-order valence-corrected chi connectivity index (χ4v) is 6.00. The number of carboxylic acid groups (broad SMARTS) is 1. The van der Waals surface area contributed by atoms with Gasteiger partial charge in [-0.15, -0.1) is 0 Å². The summed E-state index contributed by atoms with van der Waals surface area (Å²) in [7, 11) is 0. The summed E-state index contributed by atoms with van der Waals surface area (Å²) in [6, 6.07) is 6.25. The van der Waals surface area contributed by atoms with Crippen LogP contribution < -0.4 is 9.47 Å². The van der Waals surface area contributed by atoms with Crippen LogP contribution in [0, 0.1) is 16.7 Å². The summed E-state index contributed by atoms with van der Waals surface area (Å²) in [6.07, 6.45) is 6.92. The first-order valence-electron chi connectivity index (χ1n) is 9.36. The van der Waals surface area contributed by atoms with Crippen molar-refractivity contribution in [3.8, 4) is 11.5 Å². The Balaban J connectivity index is 1.14. The van der Waals surface area contributed by atoms with E-state index in [0.717, 1.165) is 43.6 Å². The molecule has 0 saturated heterocycles. The molecule has 25 heavy (non-hydrogen) atoms. The summed E-state index contributed by atoms with van der Waals surface area (Å²) in [5.41, 5.74) is 4.34. The molecule has 1 heterocycles. The standard InChI is InChI=1S/C21H22O4/c1-19(8-15-13-3-4-14(13)15)24-16-5-2-12(6-17(16)25-19)7-20-9-21(10-20,11-20)18(22)23/h2,5-6,15H,3-4,7-11H2,1H3,(H,22,23). The normalized spacial score (nSPS) is 39.2. The molecule has 3 fully saturated rings. The Morgan fingerprint density at radius 1 is 1.16 bits per heavy atom. The van der Waals surface area contributed by atoms with Gasteiger partial charge in [-0.1, -0.05) is 17.2 Å². The lowest BCUT2D eigenvalue weighted by Crippen LogP contribution is -2.66. The molecular weight excluding hydrogens is 316 g/mol. The Morgan fingerprint density at radius 2 is 1.84 bits per heavy atom. The number of hydrogen-bond acceptors (Lipinski definition) is 3. The predicted octanol–water partition coefficient (Wildman–Crippen LogP) is 4.08. The van der Waals surface area contributed by atoms with Crippen molar-refractivity contribution in [3.63, 3.8) is 0 Å². The van der Waals surface area contributed by atoms with Crippen LogP contribution in [0.5, 0.6) is 11.5 Å². The number of aliphatic carboxylic acids is 1. The first-order valence-corrected chi connectivity index (χ1v) is 9.36. The van der Waals surface area contributed by atoms with Crippen molar-refractivity contribution < 1.29 is 19.4 Å². The van der Waals surface area contributed by atoms with Crippen molar-refractivity contribution in [1.82, 2.24) is 0 Å². The molecule has 4 nitrogen and oxygen atoms in total. The molecule has 1 unspecified atom stereocenters. The highest BCUT2D eigenvalue weighted by atomic mass is 16.7. The highest BCUT2D eigenvalue weighted by Gasteiger charge is 2.71. The number of rotatable bonds is 5. The van der Waals surface area contributed by atoms with E-state index in [1.807, 2.05) is 13.0 Å². The van der Waals surface area contributed by atoms with Crippen LogP contribution in [0.15, 0.2) is 29.3 Å². The number of hydrogen-bond donors (Lipinski definition) is 1. The number of fused-ring (bicyclic) bond motifs is 1. The third-order valence-corrected chi connectivity index (χ3v) is 7.24. The first-order chi connectivity index (χ1) is 11.9. The highest BCUT2D eigenvalue weighted by Crippen LogP contribution is 2.74. The van der Waals surface area contributed by atoms with Gasteiger partial charge in [0.15, 0.2) is 11.5 Å². The van der Waals surface area contributed by atoms with Gasteiger partial charge < -0.3 is 14.6 Å². The lowest BCUT2D eigenvalue weighted by Gasteiger charge is -2.68. The van der Waals surface area contributed by atoms with E-state index in [1.165, 1.54) is 18.4 Å². The maximum Gasteiger partial charge on any atom is 0.309 e. The Hall–Kier alpha value is -1.97. The van der Waals surface area contributed by atoms with Gasteiger partial charge in [0, 0.05) is 19.3 Å². The van der Waals surface area contributed by atoms with Crippen molar-refractivity contribution in [2.24, 2.45) is 16.7 Å². The van der Waals surface area contributed by atoms with Crippen molar-refractivity contribution in [3.05, 3.63) is 34.9 Å². The SMILES string of the molecule is CC1(CC2C3=C2CC3)Oc2ccc(CC34CC(C(=O)O)(C3)C4)cc2O1. The third kappa shape index (κ3) is 1.80. The minimum absolute atomic E-state index is 0.218. The molecule has 1 atom stereocenters. The van der Waals surface area contributed by atoms with Gasteiger partial charge >= 0.3 is 5.97 Å². The van der Waals surface area contributed by atoms with E-state index in [4.69, 9.17) is 9.47 Å². The number of benzene rings is 1. The minimum Gasteiger partial charge on any atom is -0.481 e. The molecule has 1 N–H and O–H groups in total. The molecule has 0 radical (unpaired) electrons. The molecule has 7 rings (SSSR count). The van der Waals surface area contributed by atoms with Gasteiger partial charge in [0.25, 0.3) is 0 Å². The predicted molar refractivity (Wildman–Crippen MR) is 90.5 cm³/mol. The molecule has 5 aliphatic carbocycles. The van der Waals surface area contributed by atoms with E-state index >= 15 is 0 Å². The smallest absolute Gasteiger partial charge is 0.309 e. The molecule has 0 spiro atoms. The molecular formula is C21H22O4. The molecule has 1 aromatic rings. The second kappa shape index (κ2) is 4.05. The van der Waals surface area contributed by atoms with Gasteiger partial charge in [0.2, 0.25) is 5.79 Å². The molecule has 0 amide bonds. The quantitative estimate of drug-likeness (QED) is 0.822. The van der Waals surface area contributed by atoms with E-state index in [9.17, 15) is 9.90 Å². The molecule has 1 aliphatic heterocycles. The van der Waals surface area contributed by atoms with Crippen LogP contribution in [0.2, 0.25) is 0 Å². The molecule has 4 heteroatoms. The van der Waals surface area contributed by atoms with E-state index in [1.54, 1.807) is 11.1 Å². The molecule has 3 saturated carbocycles. The molecule has 0 aromatic heterocycles. The largest absolute Gasteiger partial charge is 0.481 e. The zero-order chi connectivity index (χ0) is 17.0. The fourth-order valence-electron chi connectivity index (χ4n) is 6.00. The van der Waals surface area contributed by atoms with E-state index in [0.29, 0.717) is 5.92 Å². The summed E-state index contributed by atoms with van der Waals surface area (Å²) in [4.78, 5) is 11.3. The van der Waals surface area contributed by atoms with Crippen LogP contribution in [0.4, 0.5) is 0 Å². The summed E-state index contributed by atoms with van der Waals surface area (Å²) in [5.74, 6) is 1.16. The number of carbonyl (C=O) groups is 1. The zero-order valence-corrected chi connectivity index (χ0v) is 14.4. The first kappa shape index (κ1) is 14.2. The lowest BCUT2D eigenvalue weighted by atomic mass is 9.34. The second-order valence-corrected chi connectivity index (χ2v) is 9.22. The molecule has 6 aliphatic rings. The Bertz CT molecular complexity index is 833. The van der Waals surface area contributed by atoms with Gasteiger partial charge in [-0.25, -0.2) is 0 Å². The summed E-state index contributed by atoms with van der Waals surface area (Å²) < 4.78 is 12.3. The molecule has 130 valence electrons. The topological polar surface area (TPSA) is 55.8 Å². The van der Waals surface area contributed by atoms with Crippen LogP contribution in [0.25, 0.3) is 0 Å².